The fourth-order valence-corrected chi connectivity index (χ4v) is 5.21. The Labute approximate surface area is 164 Å². The van der Waals surface area contributed by atoms with E-state index in [0.717, 1.165) is 17.7 Å². The van der Waals surface area contributed by atoms with Crippen molar-refractivity contribution in [3.8, 4) is 0 Å². The van der Waals surface area contributed by atoms with Crippen LogP contribution in [0.25, 0.3) is 0 Å². The highest BCUT2D eigenvalue weighted by Gasteiger charge is 2.39. The summed E-state index contributed by atoms with van der Waals surface area (Å²) in [5, 5.41) is 9.74. The van der Waals surface area contributed by atoms with Gasteiger partial charge in [0.1, 0.15) is 6.04 Å². The monoisotopic (exact) mass is 382 g/mol. The predicted octanol–water partition coefficient (Wildman–Crippen LogP) is 0.820. The van der Waals surface area contributed by atoms with Gasteiger partial charge in [0.25, 0.3) is 5.91 Å². The summed E-state index contributed by atoms with van der Waals surface area (Å²) in [5.41, 5.74) is 2.81. The van der Waals surface area contributed by atoms with E-state index in [4.69, 9.17) is 0 Å². The molecule has 4 atom stereocenters. The van der Waals surface area contributed by atoms with Crippen molar-refractivity contribution in [2.24, 2.45) is 0 Å². The van der Waals surface area contributed by atoms with Crippen LogP contribution in [0, 0.1) is 0 Å². The molecule has 0 aromatic heterocycles. The van der Waals surface area contributed by atoms with Crippen LogP contribution in [0.15, 0.2) is 18.2 Å². The number of fused-ring (bicyclic) bond motifs is 3. The average Bonchev–Trinajstić information content (AvgIpc) is 3.22. The maximum absolute atomic E-state index is 12.8. The van der Waals surface area contributed by atoms with Crippen molar-refractivity contribution >= 4 is 17.7 Å². The Balaban J connectivity index is 1.25. The topological polar surface area (TPSA) is 90.5 Å². The molecular weight excluding hydrogens is 356 g/mol. The summed E-state index contributed by atoms with van der Waals surface area (Å²) >= 11 is 0. The second-order valence-electron chi connectivity index (χ2n) is 8.50. The number of amides is 3. The first-order valence-electron chi connectivity index (χ1n) is 10.3. The first kappa shape index (κ1) is 17.8. The van der Waals surface area contributed by atoms with Crippen LogP contribution in [0.3, 0.4) is 0 Å². The quantitative estimate of drug-likeness (QED) is 0.671. The second kappa shape index (κ2) is 6.97. The lowest BCUT2D eigenvalue weighted by Crippen LogP contribution is -2.52. The van der Waals surface area contributed by atoms with E-state index >= 15 is 0 Å². The number of rotatable bonds is 4. The minimum atomic E-state index is -0.553. The van der Waals surface area contributed by atoms with Gasteiger partial charge in [-0.1, -0.05) is 12.1 Å². The summed E-state index contributed by atoms with van der Waals surface area (Å²) < 4.78 is 0. The smallest absolute Gasteiger partial charge is 0.255 e. The normalized spacial score (nSPS) is 31.9. The van der Waals surface area contributed by atoms with E-state index in [2.05, 4.69) is 22.0 Å². The predicted molar refractivity (Wildman–Crippen MR) is 102 cm³/mol. The van der Waals surface area contributed by atoms with Crippen LogP contribution in [0.4, 0.5) is 0 Å². The highest BCUT2D eigenvalue weighted by molar-refractivity contribution is 6.05. The van der Waals surface area contributed by atoms with Crippen molar-refractivity contribution < 1.29 is 14.4 Å². The maximum atomic E-state index is 12.8. The average molecular weight is 382 g/mol. The molecule has 28 heavy (non-hydrogen) atoms. The van der Waals surface area contributed by atoms with Crippen LogP contribution < -0.4 is 16.0 Å². The van der Waals surface area contributed by atoms with Gasteiger partial charge in [-0.2, -0.15) is 0 Å². The van der Waals surface area contributed by atoms with Crippen LogP contribution in [-0.2, 0) is 22.7 Å². The third kappa shape index (κ3) is 3.12. The summed E-state index contributed by atoms with van der Waals surface area (Å²) in [6.07, 6.45) is 5.68. The number of nitrogens with one attached hydrogen (secondary N) is 3. The Morgan fingerprint density at radius 2 is 1.93 bits per heavy atom. The molecule has 4 aliphatic rings. The Bertz CT molecular complexity index is 839. The molecule has 7 nitrogen and oxygen atoms in total. The summed E-state index contributed by atoms with van der Waals surface area (Å²) in [6.45, 7) is 1.22. The van der Waals surface area contributed by atoms with Gasteiger partial charge in [0.2, 0.25) is 11.8 Å². The van der Waals surface area contributed by atoms with Gasteiger partial charge in [0, 0.05) is 43.2 Å². The number of benzene rings is 1. The SMILES string of the molecule is O=C1CCC(N2Cc3cc(CNC4CCC5CCC4N5)ccc3C2=O)C(=O)N1. The number of hydrogen-bond donors (Lipinski definition) is 3. The molecule has 3 N–H and O–H groups in total. The van der Waals surface area contributed by atoms with Crippen LogP contribution >= 0.6 is 0 Å². The Morgan fingerprint density at radius 3 is 2.79 bits per heavy atom. The lowest BCUT2D eigenvalue weighted by atomic mass is 9.99. The third-order valence-corrected chi connectivity index (χ3v) is 6.74. The molecule has 3 saturated heterocycles. The molecule has 2 bridgehead atoms. The van der Waals surface area contributed by atoms with Gasteiger partial charge < -0.3 is 15.5 Å². The van der Waals surface area contributed by atoms with Crippen molar-refractivity contribution in [2.45, 2.75) is 75.8 Å². The van der Waals surface area contributed by atoms with Crippen molar-refractivity contribution in [2.75, 3.05) is 0 Å². The number of imide groups is 1. The van der Waals surface area contributed by atoms with Crippen molar-refractivity contribution in [1.29, 1.82) is 0 Å². The van der Waals surface area contributed by atoms with Gasteiger partial charge >= 0.3 is 0 Å². The zero-order valence-electron chi connectivity index (χ0n) is 15.9. The number of carbonyl (C=O) groups excluding carboxylic acids is 3. The summed E-state index contributed by atoms with van der Waals surface area (Å²) in [5.74, 6) is -0.735. The highest BCUT2D eigenvalue weighted by atomic mass is 16.2. The van der Waals surface area contributed by atoms with Gasteiger partial charge in [0.05, 0.1) is 0 Å². The van der Waals surface area contributed by atoms with Gasteiger partial charge in [-0.3, -0.25) is 19.7 Å². The van der Waals surface area contributed by atoms with Crippen LogP contribution in [0.1, 0.15) is 60.0 Å². The van der Waals surface area contributed by atoms with Crippen molar-refractivity contribution in [3.63, 3.8) is 0 Å². The molecule has 0 aliphatic carbocycles. The summed E-state index contributed by atoms with van der Waals surface area (Å²) in [4.78, 5) is 37.9. The Morgan fingerprint density at radius 1 is 1.07 bits per heavy atom. The minimum Gasteiger partial charge on any atom is -0.322 e. The summed E-state index contributed by atoms with van der Waals surface area (Å²) in [7, 11) is 0. The minimum absolute atomic E-state index is 0.113. The molecule has 0 radical (unpaired) electrons. The molecule has 1 aromatic rings. The van der Waals surface area contributed by atoms with E-state index in [1.807, 2.05) is 12.1 Å². The molecular formula is C21H26N4O3. The Hall–Kier alpha value is -2.25. The molecule has 3 fully saturated rings. The zero-order valence-corrected chi connectivity index (χ0v) is 15.9. The van der Waals surface area contributed by atoms with Crippen LogP contribution in [0.5, 0.6) is 0 Å². The van der Waals surface area contributed by atoms with E-state index < -0.39 is 6.04 Å². The molecule has 1 aromatic carbocycles. The lowest BCUT2D eigenvalue weighted by molar-refractivity contribution is -0.136. The molecule has 0 spiro atoms. The molecule has 5 rings (SSSR count). The first-order chi connectivity index (χ1) is 13.6. The fraction of sp³-hybridized carbons (Fsp3) is 0.571. The first-order valence-corrected chi connectivity index (χ1v) is 10.3. The lowest BCUT2D eigenvalue weighted by Gasteiger charge is -2.31. The van der Waals surface area contributed by atoms with E-state index in [1.54, 1.807) is 4.90 Å². The molecule has 4 heterocycles. The Kier molecular flexibility index (Phi) is 4.44. The standard InChI is InChI=1S/C21H26N4O3/c26-19-8-7-18(20(27)24-19)25-11-13-9-12(1-4-15(13)21(25)28)10-22-16-5-2-14-3-6-17(16)23-14/h1,4,9,14,16-18,22-23H,2-3,5-8,10-11H2,(H,24,26,27). The second-order valence-corrected chi connectivity index (χ2v) is 8.50. The molecule has 3 amide bonds. The van der Waals surface area contributed by atoms with E-state index in [1.165, 1.54) is 25.7 Å². The van der Waals surface area contributed by atoms with Crippen LogP contribution in [0.2, 0.25) is 0 Å². The molecule has 4 unspecified atom stereocenters. The van der Waals surface area contributed by atoms with Crippen molar-refractivity contribution in [1.82, 2.24) is 20.9 Å². The van der Waals surface area contributed by atoms with Gasteiger partial charge in [0.15, 0.2) is 0 Å². The van der Waals surface area contributed by atoms with Gasteiger partial charge in [-0.15, -0.1) is 0 Å². The van der Waals surface area contributed by atoms with E-state index in [9.17, 15) is 14.4 Å². The maximum Gasteiger partial charge on any atom is 0.255 e. The molecule has 4 aliphatic heterocycles. The van der Waals surface area contributed by atoms with Gasteiger partial charge in [-0.05, 0) is 49.3 Å². The number of nitrogens with zero attached hydrogens (tertiary/aromatic N) is 1. The highest BCUT2D eigenvalue weighted by Crippen LogP contribution is 2.29. The van der Waals surface area contributed by atoms with E-state index in [-0.39, 0.29) is 24.1 Å². The molecule has 148 valence electrons. The number of hydrogen-bond acceptors (Lipinski definition) is 5. The number of piperidine rings is 2. The summed E-state index contributed by atoms with van der Waals surface area (Å²) in [6, 6.07) is 7.22. The largest absolute Gasteiger partial charge is 0.322 e. The van der Waals surface area contributed by atoms with Crippen molar-refractivity contribution in [3.05, 3.63) is 34.9 Å². The molecule has 0 saturated carbocycles. The third-order valence-electron chi connectivity index (χ3n) is 6.74. The fourth-order valence-electron chi connectivity index (χ4n) is 5.21. The van der Waals surface area contributed by atoms with E-state index in [0.29, 0.717) is 36.7 Å². The zero-order chi connectivity index (χ0) is 19.3. The molecule has 7 heteroatoms. The number of carbonyl (C=O) groups is 3. The van der Waals surface area contributed by atoms with Gasteiger partial charge in [-0.25, -0.2) is 0 Å². The van der Waals surface area contributed by atoms with Crippen LogP contribution in [-0.4, -0.2) is 46.8 Å².